The van der Waals surface area contributed by atoms with Crippen molar-refractivity contribution >= 4 is 63.1 Å². The number of halogens is 2. The van der Waals surface area contributed by atoms with Crippen LogP contribution in [0.15, 0.2) is 56.3 Å². The first-order valence-corrected chi connectivity index (χ1v) is 12.7. The van der Waals surface area contributed by atoms with E-state index < -0.39 is 32.0 Å². The maximum absolute atomic E-state index is 12.6. The highest BCUT2D eigenvalue weighted by molar-refractivity contribution is 9.11. The molecule has 0 radical (unpaired) electrons. The quantitative estimate of drug-likeness (QED) is 0.538. The zero-order chi connectivity index (χ0) is 19.8. The van der Waals surface area contributed by atoms with Crippen LogP contribution in [0.25, 0.3) is 0 Å². The minimum Gasteiger partial charge on any atom is -0.390 e. The summed E-state index contributed by atoms with van der Waals surface area (Å²) < 4.78 is 51.8. The third-order valence-corrected chi connectivity index (χ3v) is 8.58. The summed E-state index contributed by atoms with van der Waals surface area (Å²) in [6.07, 6.45) is -0.970. The van der Waals surface area contributed by atoms with Crippen molar-refractivity contribution in [3.8, 4) is 0 Å². The Kier molecular flexibility index (Phi) is 5.88. The largest absolute Gasteiger partial charge is 0.390 e. The van der Waals surface area contributed by atoms with Crippen molar-refractivity contribution in [1.82, 2.24) is 0 Å². The molecule has 0 amide bonds. The molecule has 1 fully saturated rings. The summed E-state index contributed by atoms with van der Waals surface area (Å²) in [7, 11) is -7.04. The maximum Gasteiger partial charge on any atom is 0.263 e. The number of sulfonamides is 1. The van der Waals surface area contributed by atoms with Gasteiger partial charge in [0.15, 0.2) is 9.84 Å². The second kappa shape index (κ2) is 7.70. The number of rotatable bonds is 5. The highest BCUT2D eigenvalue weighted by Crippen LogP contribution is 2.28. The van der Waals surface area contributed by atoms with Crippen molar-refractivity contribution in [3.63, 3.8) is 0 Å². The molecule has 2 atom stereocenters. The predicted molar refractivity (Wildman–Crippen MR) is 111 cm³/mol. The lowest BCUT2D eigenvalue weighted by Gasteiger charge is -2.17. The van der Waals surface area contributed by atoms with Gasteiger partial charge in [-0.1, -0.05) is 15.9 Å². The molecule has 0 bridgehead atoms. The van der Waals surface area contributed by atoms with E-state index in [1.54, 1.807) is 36.4 Å². The topological polar surface area (TPSA) is 113 Å². The van der Waals surface area contributed by atoms with E-state index in [0.29, 0.717) is 20.3 Å². The van der Waals surface area contributed by atoms with Crippen LogP contribution in [0, 0.1) is 0 Å². The Morgan fingerprint density at radius 2 is 1.63 bits per heavy atom. The van der Waals surface area contributed by atoms with Crippen molar-refractivity contribution < 1.29 is 21.9 Å². The monoisotopic (exact) mass is 538 g/mol. The molecule has 0 aliphatic carbocycles. The number of aliphatic hydroxyl groups is 1. The molecular formula is C16H16Br2N2O5S2. The number of hydrogen-bond donors (Lipinski definition) is 3. The Labute approximate surface area is 174 Å². The molecule has 11 heteroatoms. The molecule has 1 aliphatic heterocycles. The summed E-state index contributed by atoms with van der Waals surface area (Å²) in [5.41, 5.74) is 0.940. The highest BCUT2D eigenvalue weighted by atomic mass is 79.9. The van der Waals surface area contributed by atoms with Gasteiger partial charge in [0.05, 0.1) is 23.7 Å². The Morgan fingerprint density at radius 3 is 2.22 bits per heavy atom. The van der Waals surface area contributed by atoms with Gasteiger partial charge in [-0.3, -0.25) is 4.72 Å². The molecule has 1 saturated heterocycles. The maximum atomic E-state index is 12.6. The van der Waals surface area contributed by atoms with Crippen LogP contribution in [-0.2, 0) is 19.9 Å². The number of aliphatic hydroxyl groups excluding tert-OH is 1. The number of hydrogen-bond acceptors (Lipinski definition) is 6. The van der Waals surface area contributed by atoms with Crippen LogP contribution in [0.2, 0.25) is 0 Å². The van der Waals surface area contributed by atoms with E-state index in [0.717, 1.165) is 0 Å². The van der Waals surface area contributed by atoms with Crippen molar-refractivity contribution in [2.45, 2.75) is 17.0 Å². The minimum absolute atomic E-state index is 0.0957. The van der Waals surface area contributed by atoms with E-state index in [1.807, 2.05) is 0 Å². The third kappa shape index (κ3) is 5.02. The molecule has 146 valence electrons. The molecule has 27 heavy (non-hydrogen) atoms. The summed E-state index contributed by atoms with van der Waals surface area (Å²) in [6, 6.07) is 10.6. The van der Waals surface area contributed by atoms with Crippen molar-refractivity contribution in [2.75, 3.05) is 21.5 Å². The summed E-state index contributed by atoms with van der Waals surface area (Å²) in [6.45, 7) is 0. The highest BCUT2D eigenvalue weighted by Gasteiger charge is 2.36. The van der Waals surface area contributed by atoms with E-state index in [1.165, 1.54) is 6.07 Å². The van der Waals surface area contributed by atoms with Crippen LogP contribution in [-0.4, -0.2) is 45.6 Å². The predicted octanol–water partition coefficient (Wildman–Crippen LogP) is 2.58. The fraction of sp³-hybridized carbons (Fsp3) is 0.250. The molecule has 3 rings (SSSR count). The third-order valence-electron chi connectivity index (χ3n) is 3.99. The second-order valence-electron chi connectivity index (χ2n) is 6.15. The van der Waals surface area contributed by atoms with Gasteiger partial charge >= 0.3 is 0 Å². The zero-order valence-corrected chi connectivity index (χ0v) is 18.6. The van der Waals surface area contributed by atoms with Crippen LogP contribution >= 0.6 is 31.9 Å². The molecular weight excluding hydrogens is 524 g/mol. The SMILES string of the molecule is O=S1(=O)C[C@@H](O)[C@H](Nc2ccc(NS(=O)(=O)c3cc(Br)ccc3Br)cc2)C1. The number of sulfone groups is 1. The van der Waals surface area contributed by atoms with Gasteiger partial charge in [0.25, 0.3) is 10.0 Å². The average molecular weight is 540 g/mol. The first kappa shape index (κ1) is 20.6. The molecule has 1 aliphatic rings. The van der Waals surface area contributed by atoms with Crippen LogP contribution in [0.5, 0.6) is 0 Å². The molecule has 1 heterocycles. The van der Waals surface area contributed by atoms with Gasteiger partial charge in [-0.15, -0.1) is 0 Å². The van der Waals surface area contributed by atoms with Crippen molar-refractivity contribution in [3.05, 3.63) is 51.4 Å². The summed E-state index contributed by atoms with van der Waals surface area (Å²) in [4.78, 5) is 0.0957. The lowest BCUT2D eigenvalue weighted by molar-refractivity contribution is 0.190. The molecule has 3 N–H and O–H groups in total. The second-order valence-corrected chi connectivity index (χ2v) is 11.7. The summed E-state index contributed by atoms with van der Waals surface area (Å²) >= 11 is 6.49. The number of nitrogens with one attached hydrogen (secondary N) is 2. The Hall–Kier alpha value is -1.14. The average Bonchev–Trinajstić information content (AvgIpc) is 2.83. The van der Waals surface area contributed by atoms with Crippen LogP contribution in [0.1, 0.15) is 0 Å². The van der Waals surface area contributed by atoms with Crippen LogP contribution < -0.4 is 10.0 Å². The van der Waals surface area contributed by atoms with Crippen molar-refractivity contribution in [1.29, 1.82) is 0 Å². The zero-order valence-electron chi connectivity index (χ0n) is 13.8. The summed E-state index contributed by atoms with van der Waals surface area (Å²) in [5.74, 6) is -0.399. The molecule has 7 nitrogen and oxygen atoms in total. The summed E-state index contributed by atoms with van der Waals surface area (Å²) in [5, 5.41) is 12.8. The van der Waals surface area contributed by atoms with Gasteiger partial charge in [-0.05, 0) is 58.4 Å². The molecule has 0 spiro atoms. The van der Waals surface area contributed by atoms with Gasteiger partial charge < -0.3 is 10.4 Å². The van der Waals surface area contributed by atoms with E-state index in [9.17, 15) is 21.9 Å². The van der Waals surface area contributed by atoms with E-state index in [4.69, 9.17) is 0 Å². The molecule has 0 aromatic heterocycles. The van der Waals surface area contributed by atoms with Gasteiger partial charge in [0.1, 0.15) is 4.90 Å². The molecule has 2 aromatic carbocycles. The van der Waals surface area contributed by atoms with Crippen LogP contribution in [0.4, 0.5) is 11.4 Å². The van der Waals surface area contributed by atoms with Crippen LogP contribution in [0.3, 0.4) is 0 Å². The first-order valence-electron chi connectivity index (χ1n) is 7.79. The Balaban J connectivity index is 1.73. The van der Waals surface area contributed by atoms with E-state index in [2.05, 4.69) is 41.9 Å². The Morgan fingerprint density at radius 1 is 1.00 bits per heavy atom. The molecule has 2 aromatic rings. The fourth-order valence-electron chi connectivity index (χ4n) is 2.71. The van der Waals surface area contributed by atoms with Gasteiger partial charge in [0, 0.05) is 20.3 Å². The van der Waals surface area contributed by atoms with Gasteiger partial charge in [-0.2, -0.15) is 0 Å². The lowest BCUT2D eigenvalue weighted by Crippen LogP contribution is -2.31. The number of benzene rings is 2. The van der Waals surface area contributed by atoms with Gasteiger partial charge in [0.2, 0.25) is 0 Å². The smallest absolute Gasteiger partial charge is 0.263 e. The fourth-order valence-corrected chi connectivity index (χ4v) is 7.01. The first-order chi connectivity index (χ1) is 12.6. The molecule has 0 unspecified atom stereocenters. The number of anilines is 2. The van der Waals surface area contributed by atoms with E-state index in [-0.39, 0.29) is 16.4 Å². The molecule has 0 saturated carbocycles. The normalized spacial score (nSPS) is 21.7. The van der Waals surface area contributed by atoms with E-state index >= 15 is 0 Å². The Bertz CT molecular complexity index is 1060. The minimum atomic E-state index is -3.79. The van der Waals surface area contributed by atoms with Gasteiger partial charge in [-0.25, -0.2) is 16.8 Å². The van der Waals surface area contributed by atoms with Crippen molar-refractivity contribution in [2.24, 2.45) is 0 Å². The lowest BCUT2D eigenvalue weighted by atomic mass is 10.2. The standard InChI is InChI=1S/C16H16Br2N2O5S2/c17-10-1-6-13(18)16(7-10)27(24,25)20-12-4-2-11(3-5-12)19-14-8-26(22,23)9-15(14)21/h1-7,14-15,19-21H,8-9H2/t14-,15-/m1/s1.